The van der Waals surface area contributed by atoms with Crippen molar-refractivity contribution in [2.45, 2.75) is 20.8 Å². The van der Waals surface area contributed by atoms with Gasteiger partial charge in [0.25, 0.3) is 0 Å². The van der Waals surface area contributed by atoms with Gasteiger partial charge in [0.15, 0.2) is 0 Å². The summed E-state index contributed by atoms with van der Waals surface area (Å²) in [5, 5.41) is 12.8. The molecule has 0 bridgehead atoms. The van der Waals surface area contributed by atoms with Gasteiger partial charge < -0.3 is 10.4 Å². The highest BCUT2D eigenvalue weighted by molar-refractivity contribution is 6.05. The predicted molar refractivity (Wildman–Crippen MR) is 97.9 cm³/mol. The Bertz CT molecular complexity index is 1010. The molecule has 0 saturated carbocycles. The highest BCUT2D eigenvalue weighted by Crippen LogP contribution is 2.29. The van der Waals surface area contributed by atoms with Gasteiger partial charge in [-0.3, -0.25) is 4.79 Å². The fourth-order valence-electron chi connectivity index (χ4n) is 2.92. The van der Waals surface area contributed by atoms with Crippen molar-refractivity contribution in [1.29, 1.82) is 0 Å². The molecule has 3 aromatic rings. The van der Waals surface area contributed by atoms with Crippen LogP contribution in [0.15, 0.2) is 42.5 Å². The first-order valence-corrected chi connectivity index (χ1v) is 7.88. The van der Waals surface area contributed by atoms with E-state index in [-0.39, 0.29) is 11.5 Å². The van der Waals surface area contributed by atoms with Crippen molar-refractivity contribution < 1.29 is 14.7 Å². The van der Waals surface area contributed by atoms with Crippen LogP contribution in [0.1, 0.15) is 28.4 Å². The average Bonchev–Trinajstić information content (AvgIpc) is 2.53. The van der Waals surface area contributed by atoms with E-state index in [1.165, 1.54) is 6.92 Å². The van der Waals surface area contributed by atoms with Crippen LogP contribution in [-0.2, 0) is 4.79 Å². The minimum atomic E-state index is -1.03. The van der Waals surface area contributed by atoms with Crippen molar-refractivity contribution in [3.8, 4) is 11.3 Å². The van der Waals surface area contributed by atoms with E-state index in [9.17, 15) is 14.7 Å². The number of nitrogens with one attached hydrogen (secondary N) is 1. The quantitative estimate of drug-likeness (QED) is 0.753. The van der Waals surface area contributed by atoms with E-state index in [0.29, 0.717) is 22.3 Å². The van der Waals surface area contributed by atoms with Crippen molar-refractivity contribution in [1.82, 2.24) is 4.98 Å². The Kier molecular flexibility index (Phi) is 4.23. The van der Waals surface area contributed by atoms with Gasteiger partial charge in [-0.25, -0.2) is 9.78 Å². The Labute approximate surface area is 145 Å². The largest absolute Gasteiger partial charge is 0.478 e. The summed E-state index contributed by atoms with van der Waals surface area (Å²) in [6.07, 6.45) is 0. The summed E-state index contributed by atoms with van der Waals surface area (Å²) in [7, 11) is 0. The summed E-state index contributed by atoms with van der Waals surface area (Å²) < 4.78 is 0. The molecule has 1 aromatic heterocycles. The molecule has 0 radical (unpaired) electrons. The summed E-state index contributed by atoms with van der Waals surface area (Å²) >= 11 is 0. The number of aromatic carboxylic acids is 1. The third-order valence-corrected chi connectivity index (χ3v) is 4.02. The lowest BCUT2D eigenvalue weighted by molar-refractivity contribution is -0.114. The number of carboxylic acids is 1. The number of carboxylic acid groups (broad SMARTS) is 1. The van der Waals surface area contributed by atoms with Gasteiger partial charge in [-0.1, -0.05) is 23.8 Å². The molecule has 0 saturated heterocycles. The van der Waals surface area contributed by atoms with Gasteiger partial charge in [0.2, 0.25) is 5.91 Å². The summed E-state index contributed by atoms with van der Waals surface area (Å²) in [6, 6.07) is 12.6. The molecule has 0 aliphatic rings. The maximum Gasteiger partial charge on any atom is 0.336 e. The Hall–Kier alpha value is -3.21. The van der Waals surface area contributed by atoms with Gasteiger partial charge in [-0.15, -0.1) is 0 Å². The summed E-state index contributed by atoms with van der Waals surface area (Å²) in [4.78, 5) is 27.6. The van der Waals surface area contributed by atoms with Crippen molar-refractivity contribution in [3.63, 3.8) is 0 Å². The molecular formula is C20H18N2O3. The summed E-state index contributed by atoms with van der Waals surface area (Å²) in [5.74, 6) is -1.24. The van der Waals surface area contributed by atoms with Gasteiger partial charge in [0.05, 0.1) is 16.8 Å². The van der Waals surface area contributed by atoms with Gasteiger partial charge in [0, 0.05) is 23.6 Å². The molecule has 0 aliphatic carbocycles. The number of amides is 1. The van der Waals surface area contributed by atoms with Crippen LogP contribution in [0.4, 0.5) is 5.69 Å². The average molecular weight is 334 g/mol. The molecule has 0 atom stereocenters. The molecule has 5 heteroatoms. The maximum atomic E-state index is 11.8. The highest BCUT2D eigenvalue weighted by Gasteiger charge is 2.15. The Morgan fingerprint density at radius 3 is 2.44 bits per heavy atom. The summed E-state index contributed by atoms with van der Waals surface area (Å²) in [5.41, 5.74) is 4.98. The van der Waals surface area contributed by atoms with Crippen molar-refractivity contribution in [2.75, 3.05) is 5.32 Å². The lowest BCUT2D eigenvalue weighted by Gasteiger charge is -2.11. The number of fused-ring (bicyclic) bond motifs is 1. The van der Waals surface area contributed by atoms with Crippen molar-refractivity contribution >= 4 is 28.5 Å². The van der Waals surface area contributed by atoms with Crippen LogP contribution in [0.3, 0.4) is 0 Å². The molecule has 1 amide bonds. The molecule has 0 unspecified atom stereocenters. The van der Waals surface area contributed by atoms with E-state index in [1.807, 2.05) is 32.0 Å². The van der Waals surface area contributed by atoms with E-state index in [1.54, 1.807) is 24.3 Å². The number of aryl methyl sites for hydroxylation is 2. The molecule has 2 N–H and O–H groups in total. The standard InChI is InChI=1S/C20H18N2O3/c1-11-4-6-15(12(2)8-11)19-10-17(20(24)25)16-9-14(21-13(3)23)5-7-18(16)22-19/h4-10H,1-3H3,(H,21,23)(H,24,25). The van der Waals surface area contributed by atoms with Crippen LogP contribution in [0, 0.1) is 13.8 Å². The zero-order chi connectivity index (χ0) is 18.1. The second kappa shape index (κ2) is 6.36. The van der Waals surface area contributed by atoms with Gasteiger partial charge in [0.1, 0.15) is 0 Å². The van der Waals surface area contributed by atoms with E-state index in [4.69, 9.17) is 0 Å². The second-order valence-electron chi connectivity index (χ2n) is 6.09. The van der Waals surface area contributed by atoms with E-state index in [0.717, 1.165) is 16.7 Å². The zero-order valence-corrected chi connectivity index (χ0v) is 14.3. The number of benzene rings is 2. The minimum Gasteiger partial charge on any atom is -0.478 e. The normalized spacial score (nSPS) is 10.7. The molecule has 0 aliphatic heterocycles. The number of hydrogen-bond acceptors (Lipinski definition) is 3. The van der Waals surface area contributed by atoms with E-state index in [2.05, 4.69) is 10.3 Å². The molecule has 3 rings (SSSR count). The van der Waals surface area contributed by atoms with Gasteiger partial charge in [-0.2, -0.15) is 0 Å². The van der Waals surface area contributed by atoms with E-state index < -0.39 is 5.97 Å². The Morgan fingerprint density at radius 1 is 1.04 bits per heavy atom. The third-order valence-electron chi connectivity index (χ3n) is 4.02. The summed E-state index contributed by atoms with van der Waals surface area (Å²) in [6.45, 7) is 5.40. The van der Waals surface area contributed by atoms with E-state index >= 15 is 0 Å². The number of hydrogen-bond donors (Lipinski definition) is 2. The first-order chi connectivity index (χ1) is 11.8. The number of nitrogens with zero attached hydrogens (tertiary/aromatic N) is 1. The topological polar surface area (TPSA) is 79.3 Å². The molecule has 126 valence electrons. The fourth-order valence-corrected chi connectivity index (χ4v) is 2.92. The lowest BCUT2D eigenvalue weighted by Crippen LogP contribution is -2.06. The number of anilines is 1. The third kappa shape index (κ3) is 3.35. The van der Waals surface area contributed by atoms with Crippen LogP contribution in [0.5, 0.6) is 0 Å². The van der Waals surface area contributed by atoms with Crippen LogP contribution in [0.25, 0.3) is 22.2 Å². The second-order valence-corrected chi connectivity index (χ2v) is 6.09. The van der Waals surface area contributed by atoms with Crippen LogP contribution in [-0.4, -0.2) is 22.0 Å². The first-order valence-electron chi connectivity index (χ1n) is 7.88. The minimum absolute atomic E-state index is 0.159. The SMILES string of the molecule is CC(=O)Nc1ccc2nc(-c3ccc(C)cc3C)cc(C(=O)O)c2c1. The lowest BCUT2D eigenvalue weighted by atomic mass is 9.99. The van der Waals surface area contributed by atoms with Crippen LogP contribution < -0.4 is 5.32 Å². The molecular weight excluding hydrogens is 316 g/mol. The number of aromatic nitrogens is 1. The predicted octanol–water partition coefficient (Wildman–Crippen LogP) is 4.18. The maximum absolute atomic E-state index is 11.8. The fraction of sp³-hybridized carbons (Fsp3) is 0.150. The molecule has 0 spiro atoms. The van der Waals surface area contributed by atoms with Crippen molar-refractivity contribution in [2.24, 2.45) is 0 Å². The molecule has 5 nitrogen and oxygen atoms in total. The van der Waals surface area contributed by atoms with Crippen LogP contribution in [0.2, 0.25) is 0 Å². The number of carbonyl (C=O) groups is 2. The van der Waals surface area contributed by atoms with Crippen LogP contribution >= 0.6 is 0 Å². The number of pyridine rings is 1. The number of rotatable bonds is 3. The van der Waals surface area contributed by atoms with Gasteiger partial charge >= 0.3 is 5.97 Å². The molecule has 0 fully saturated rings. The zero-order valence-electron chi connectivity index (χ0n) is 14.3. The molecule has 1 heterocycles. The van der Waals surface area contributed by atoms with Gasteiger partial charge in [-0.05, 0) is 43.7 Å². The molecule has 2 aromatic carbocycles. The Morgan fingerprint density at radius 2 is 1.80 bits per heavy atom. The smallest absolute Gasteiger partial charge is 0.336 e. The molecule has 25 heavy (non-hydrogen) atoms. The Balaban J connectivity index is 2.23. The highest BCUT2D eigenvalue weighted by atomic mass is 16.4. The number of carbonyl (C=O) groups excluding carboxylic acids is 1. The van der Waals surface area contributed by atoms with Crippen molar-refractivity contribution in [3.05, 3.63) is 59.2 Å². The monoisotopic (exact) mass is 334 g/mol. The first kappa shape index (κ1) is 16.6.